The Hall–Kier alpha value is -1.73. The van der Waals surface area contributed by atoms with Crippen LogP contribution < -0.4 is 0 Å². The molecule has 7 heteroatoms. The maximum Gasteiger partial charge on any atom is 0.310 e. The molecule has 0 bridgehead atoms. The van der Waals surface area contributed by atoms with Gasteiger partial charge in [0.15, 0.2) is 0 Å². The van der Waals surface area contributed by atoms with Gasteiger partial charge in [-0.15, -0.1) is 21.5 Å². The van der Waals surface area contributed by atoms with Gasteiger partial charge in [-0.1, -0.05) is 6.07 Å². The van der Waals surface area contributed by atoms with Crippen LogP contribution in [0.15, 0.2) is 21.9 Å². The third kappa shape index (κ3) is 3.61. The number of likely N-dealkylation sites (tertiary alicyclic amines) is 1. The molecule has 0 unspecified atom stereocenters. The lowest BCUT2D eigenvalue weighted by Crippen LogP contribution is -2.40. The molecule has 1 saturated heterocycles. The third-order valence-electron chi connectivity index (χ3n) is 4.15. The first-order valence-electron chi connectivity index (χ1n) is 7.97. The van der Waals surface area contributed by atoms with Crippen molar-refractivity contribution < 1.29 is 13.9 Å². The highest BCUT2D eigenvalue weighted by molar-refractivity contribution is 7.13. The molecule has 0 radical (unpaired) electrons. The molecule has 1 aliphatic rings. The predicted octanol–water partition coefficient (Wildman–Crippen LogP) is 3.13. The van der Waals surface area contributed by atoms with Gasteiger partial charge in [-0.2, -0.15) is 0 Å². The SMILES string of the molecule is CCOC(=O)[C@H]1CCCN([C@@H](C)c2nnc(-c3cccs3)o2)C1. The molecule has 0 N–H and O–H groups in total. The zero-order valence-electron chi connectivity index (χ0n) is 13.4. The van der Waals surface area contributed by atoms with E-state index in [0.29, 0.717) is 24.9 Å². The number of ether oxygens (including phenoxy) is 1. The highest BCUT2D eigenvalue weighted by Crippen LogP contribution is 2.29. The number of piperidine rings is 1. The lowest BCUT2D eigenvalue weighted by atomic mass is 9.97. The summed E-state index contributed by atoms with van der Waals surface area (Å²) >= 11 is 1.58. The Balaban J connectivity index is 1.67. The summed E-state index contributed by atoms with van der Waals surface area (Å²) in [6.07, 6.45) is 1.85. The van der Waals surface area contributed by atoms with Gasteiger partial charge in [0, 0.05) is 6.54 Å². The molecule has 0 amide bonds. The number of esters is 1. The van der Waals surface area contributed by atoms with Crippen LogP contribution in [0.25, 0.3) is 10.8 Å². The van der Waals surface area contributed by atoms with Crippen molar-refractivity contribution in [2.45, 2.75) is 32.7 Å². The molecule has 124 valence electrons. The Morgan fingerprint density at radius 2 is 2.43 bits per heavy atom. The Labute approximate surface area is 139 Å². The average molecular weight is 335 g/mol. The molecule has 2 aromatic rings. The van der Waals surface area contributed by atoms with E-state index < -0.39 is 0 Å². The zero-order chi connectivity index (χ0) is 16.2. The normalized spacial score (nSPS) is 20.3. The van der Waals surface area contributed by atoms with Crippen molar-refractivity contribution in [3.8, 4) is 10.8 Å². The van der Waals surface area contributed by atoms with E-state index >= 15 is 0 Å². The van der Waals surface area contributed by atoms with Crippen molar-refractivity contribution in [2.24, 2.45) is 5.92 Å². The number of carbonyl (C=O) groups is 1. The molecule has 3 rings (SSSR count). The number of thiophene rings is 1. The molecular weight excluding hydrogens is 314 g/mol. The molecule has 0 aliphatic carbocycles. The Morgan fingerprint density at radius 1 is 1.57 bits per heavy atom. The van der Waals surface area contributed by atoms with E-state index in [9.17, 15) is 4.79 Å². The van der Waals surface area contributed by atoms with Gasteiger partial charge in [0.2, 0.25) is 5.89 Å². The number of rotatable bonds is 5. The molecule has 23 heavy (non-hydrogen) atoms. The van der Waals surface area contributed by atoms with Crippen molar-refractivity contribution in [3.05, 3.63) is 23.4 Å². The van der Waals surface area contributed by atoms with Crippen LogP contribution in [0.4, 0.5) is 0 Å². The summed E-state index contributed by atoms with van der Waals surface area (Å²) in [5, 5.41) is 10.3. The first-order chi connectivity index (χ1) is 11.2. The number of hydrogen-bond acceptors (Lipinski definition) is 7. The standard InChI is InChI=1S/C16H21N3O3S/c1-3-21-16(20)12-6-4-8-19(10-12)11(2)14-17-18-15(22-14)13-7-5-9-23-13/h5,7,9,11-12H,3-4,6,8,10H2,1-2H3/t11-,12-/m0/s1. The van der Waals surface area contributed by atoms with Crippen LogP contribution in [0.3, 0.4) is 0 Å². The molecule has 0 saturated carbocycles. The summed E-state index contributed by atoms with van der Waals surface area (Å²) in [4.78, 5) is 15.2. The lowest BCUT2D eigenvalue weighted by Gasteiger charge is -2.34. The lowest BCUT2D eigenvalue weighted by molar-refractivity contribution is -0.150. The molecule has 1 fully saturated rings. The van der Waals surface area contributed by atoms with Crippen LogP contribution in [-0.4, -0.2) is 40.8 Å². The highest BCUT2D eigenvalue weighted by Gasteiger charge is 2.31. The van der Waals surface area contributed by atoms with E-state index in [-0.39, 0.29) is 17.9 Å². The minimum atomic E-state index is -0.103. The fraction of sp³-hybridized carbons (Fsp3) is 0.562. The molecule has 2 atom stereocenters. The van der Waals surface area contributed by atoms with Gasteiger partial charge >= 0.3 is 5.97 Å². The quantitative estimate of drug-likeness (QED) is 0.782. The molecule has 3 heterocycles. The fourth-order valence-electron chi connectivity index (χ4n) is 2.87. The van der Waals surface area contributed by atoms with Crippen molar-refractivity contribution in [1.82, 2.24) is 15.1 Å². The Kier molecular flexibility index (Phi) is 5.07. The summed E-state index contributed by atoms with van der Waals surface area (Å²) in [7, 11) is 0. The van der Waals surface area contributed by atoms with Gasteiger partial charge in [-0.05, 0) is 44.7 Å². The van der Waals surface area contributed by atoms with Crippen molar-refractivity contribution in [3.63, 3.8) is 0 Å². The zero-order valence-corrected chi connectivity index (χ0v) is 14.2. The van der Waals surface area contributed by atoms with E-state index in [2.05, 4.69) is 15.1 Å². The summed E-state index contributed by atoms with van der Waals surface area (Å²) in [6, 6.07) is 3.92. The molecule has 2 aromatic heterocycles. The minimum absolute atomic E-state index is 0.00608. The highest BCUT2D eigenvalue weighted by atomic mass is 32.1. The summed E-state index contributed by atoms with van der Waals surface area (Å²) in [5.74, 6) is 0.985. The largest absolute Gasteiger partial charge is 0.466 e. The van der Waals surface area contributed by atoms with E-state index in [1.807, 2.05) is 31.4 Å². The Morgan fingerprint density at radius 3 is 3.17 bits per heavy atom. The molecule has 0 spiro atoms. The summed E-state index contributed by atoms with van der Waals surface area (Å²) in [6.45, 7) is 5.91. The van der Waals surface area contributed by atoms with Gasteiger partial charge in [0.1, 0.15) is 0 Å². The Bertz CT molecular complexity index is 641. The maximum absolute atomic E-state index is 12.0. The first-order valence-corrected chi connectivity index (χ1v) is 8.85. The molecular formula is C16H21N3O3S. The van der Waals surface area contributed by atoms with Crippen molar-refractivity contribution >= 4 is 17.3 Å². The average Bonchev–Trinajstić information content (AvgIpc) is 3.25. The van der Waals surface area contributed by atoms with Crippen LogP contribution in [0.2, 0.25) is 0 Å². The molecule has 6 nitrogen and oxygen atoms in total. The van der Waals surface area contributed by atoms with Crippen LogP contribution in [0.1, 0.15) is 38.6 Å². The van der Waals surface area contributed by atoms with Gasteiger partial charge in [0.05, 0.1) is 23.4 Å². The van der Waals surface area contributed by atoms with E-state index in [1.54, 1.807) is 11.3 Å². The van der Waals surface area contributed by atoms with Crippen LogP contribution in [0, 0.1) is 5.92 Å². The third-order valence-corrected chi connectivity index (χ3v) is 5.01. The van der Waals surface area contributed by atoms with Gasteiger partial charge in [-0.3, -0.25) is 9.69 Å². The summed E-state index contributed by atoms with van der Waals surface area (Å²) < 4.78 is 11.0. The van der Waals surface area contributed by atoms with E-state index in [0.717, 1.165) is 24.3 Å². The summed E-state index contributed by atoms with van der Waals surface area (Å²) in [5.41, 5.74) is 0. The minimum Gasteiger partial charge on any atom is -0.466 e. The van der Waals surface area contributed by atoms with Crippen molar-refractivity contribution in [2.75, 3.05) is 19.7 Å². The topological polar surface area (TPSA) is 68.5 Å². The van der Waals surface area contributed by atoms with Gasteiger partial charge in [0.25, 0.3) is 5.89 Å². The van der Waals surface area contributed by atoms with Crippen LogP contribution in [0.5, 0.6) is 0 Å². The van der Waals surface area contributed by atoms with Crippen molar-refractivity contribution in [1.29, 1.82) is 0 Å². The number of aromatic nitrogens is 2. The second-order valence-electron chi connectivity index (χ2n) is 5.68. The number of nitrogens with zero attached hydrogens (tertiary/aromatic N) is 3. The maximum atomic E-state index is 12.0. The molecule has 0 aromatic carbocycles. The fourth-order valence-corrected chi connectivity index (χ4v) is 3.51. The predicted molar refractivity (Wildman–Crippen MR) is 87.0 cm³/mol. The monoisotopic (exact) mass is 335 g/mol. The number of hydrogen-bond donors (Lipinski definition) is 0. The first kappa shape index (κ1) is 16.1. The smallest absolute Gasteiger partial charge is 0.310 e. The molecule has 1 aliphatic heterocycles. The van der Waals surface area contributed by atoms with E-state index in [4.69, 9.17) is 9.15 Å². The van der Waals surface area contributed by atoms with Crippen LogP contribution in [-0.2, 0) is 9.53 Å². The van der Waals surface area contributed by atoms with Crippen LogP contribution >= 0.6 is 11.3 Å². The second kappa shape index (κ2) is 7.23. The van der Waals surface area contributed by atoms with E-state index in [1.165, 1.54) is 0 Å². The van der Waals surface area contributed by atoms with Gasteiger partial charge in [-0.25, -0.2) is 0 Å². The van der Waals surface area contributed by atoms with Gasteiger partial charge < -0.3 is 9.15 Å². The second-order valence-corrected chi connectivity index (χ2v) is 6.63. The number of carbonyl (C=O) groups excluding carboxylic acids is 1.